The van der Waals surface area contributed by atoms with E-state index in [1.807, 2.05) is 0 Å². The molecule has 258 valence electrons. The SMILES string of the molecule is CCC(F)(C(=O)OC1CC2CC1CC2C(C)(OC(=O)OC(C)(C)C)C(F)(F)F)C1C(=O)OC(=O)C1C1C2CC(C(=O)O)C(C2)C1C. The summed E-state index contributed by atoms with van der Waals surface area (Å²) in [5.41, 5.74) is -6.92. The van der Waals surface area contributed by atoms with Gasteiger partial charge in [-0.15, -0.1) is 0 Å². The Balaban J connectivity index is 1.31. The van der Waals surface area contributed by atoms with Crippen molar-refractivity contribution >= 4 is 30.0 Å². The van der Waals surface area contributed by atoms with Crippen LogP contribution in [0.5, 0.6) is 0 Å². The van der Waals surface area contributed by atoms with Crippen molar-refractivity contribution in [2.24, 2.45) is 59.2 Å². The lowest BCUT2D eigenvalue weighted by atomic mass is 9.64. The van der Waals surface area contributed by atoms with Crippen molar-refractivity contribution in [1.29, 1.82) is 0 Å². The molecule has 0 aromatic heterocycles. The minimum atomic E-state index is -4.94. The van der Waals surface area contributed by atoms with E-state index in [-0.39, 0.29) is 43.4 Å². The number of alkyl halides is 4. The molecule has 1 heterocycles. The van der Waals surface area contributed by atoms with Gasteiger partial charge in [0.2, 0.25) is 11.3 Å². The molecule has 4 aliphatic carbocycles. The highest BCUT2D eigenvalue weighted by Crippen LogP contribution is 2.61. The fourth-order valence-corrected chi connectivity index (χ4v) is 9.55. The van der Waals surface area contributed by atoms with E-state index in [1.165, 1.54) is 27.7 Å². The lowest BCUT2D eigenvalue weighted by Gasteiger charge is -2.42. The Morgan fingerprint density at radius 1 is 0.891 bits per heavy atom. The van der Waals surface area contributed by atoms with Crippen LogP contribution in [0.4, 0.5) is 22.4 Å². The molecule has 4 bridgehead atoms. The topological polar surface area (TPSA) is 142 Å². The molecule has 5 fully saturated rings. The zero-order valence-electron chi connectivity index (χ0n) is 26.7. The summed E-state index contributed by atoms with van der Waals surface area (Å²) in [5.74, 6) is -12.0. The van der Waals surface area contributed by atoms with Gasteiger partial charge in [0.15, 0.2) is 0 Å². The molecule has 10 nitrogen and oxygen atoms in total. The van der Waals surface area contributed by atoms with Gasteiger partial charge >= 0.3 is 36.2 Å². The van der Waals surface area contributed by atoms with Gasteiger partial charge in [0.1, 0.15) is 17.6 Å². The number of hydrogen-bond acceptors (Lipinski definition) is 9. The second-order valence-electron chi connectivity index (χ2n) is 15.2. The number of ether oxygens (including phenoxy) is 4. The second kappa shape index (κ2) is 11.4. The van der Waals surface area contributed by atoms with E-state index in [0.717, 1.165) is 6.92 Å². The normalized spacial score (nSPS) is 39.5. The average Bonchev–Trinajstić information content (AvgIpc) is 3.73. The molecule has 0 amide bonds. The van der Waals surface area contributed by atoms with E-state index in [1.54, 1.807) is 6.92 Å². The first-order valence-electron chi connectivity index (χ1n) is 16.0. The first kappa shape index (κ1) is 34.4. The molecule has 46 heavy (non-hydrogen) atoms. The monoisotopic (exact) mass is 662 g/mol. The molecular formula is C32H42F4O10. The summed E-state index contributed by atoms with van der Waals surface area (Å²) in [6, 6.07) is 0. The third kappa shape index (κ3) is 5.54. The van der Waals surface area contributed by atoms with Crippen LogP contribution < -0.4 is 0 Å². The predicted octanol–water partition coefficient (Wildman–Crippen LogP) is 5.64. The maximum atomic E-state index is 16.9. The van der Waals surface area contributed by atoms with Crippen molar-refractivity contribution in [3.63, 3.8) is 0 Å². The van der Waals surface area contributed by atoms with Gasteiger partial charge in [0.05, 0.1) is 11.8 Å². The first-order valence-corrected chi connectivity index (χ1v) is 16.0. The van der Waals surface area contributed by atoms with E-state index >= 15 is 4.39 Å². The number of aliphatic carboxylic acids is 1. The van der Waals surface area contributed by atoms with Crippen LogP contribution in [0.25, 0.3) is 0 Å². The number of hydrogen-bond donors (Lipinski definition) is 1. The Morgan fingerprint density at radius 3 is 2.04 bits per heavy atom. The highest BCUT2D eigenvalue weighted by atomic mass is 19.4. The number of cyclic esters (lactones) is 2. The Hall–Kier alpha value is -2.93. The number of carbonyl (C=O) groups excluding carboxylic acids is 4. The Morgan fingerprint density at radius 2 is 1.54 bits per heavy atom. The molecule has 14 heteroatoms. The zero-order valence-corrected chi connectivity index (χ0v) is 26.7. The zero-order chi connectivity index (χ0) is 34.3. The summed E-state index contributed by atoms with van der Waals surface area (Å²) >= 11 is 0. The maximum Gasteiger partial charge on any atom is 0.509 e. The number of carboxylic acids is 1. The number of carboxylic acid groups (broad SMARTS) is 1. The molecule has 13 unspecified atom stereocenters. The van der Waals surface area contributed by atoms with E-state index in [9.17, 15) is 42.3 Å². The minimum Gasteiger partial charge on any atom is -0.481 e. The Bertz CT molecular complexity index is 1290. The van der Waals surface area contributed by atoms with Gasteiger partial charge in [-0.1, -0.05) is 13.8 Å². The summed E-state index contributed by atoms with van der Waals surface area (Å²) in [4.78, 5) is 63.6. The number of rotatable bonds is 8. The summed E-state index contributed by atoms with van der Waals surface area (Å²) in [6.45, 7) is 8.38. The molecular weight excluding hydrogens is 620 g/mol. The highest BCUT2D eigenvalue weighted by molar-refractivity contribution is 6.01. The Kier molecular flexibility index (Phi) is 8.49. The van der Waals surface area contributed by atoms with Crippen LogP contribution >= 0.6 is 0 Å². The van der Waals surface area contributed by atoms with E-state index < -0.39 is 107 Å². The first-order chi connectivity index (χ1) is 21.1. The summed E-state index contributed by atoms with van der Waals surface area (Å²) in [5, 5.41) is 9.60. The number of carbonyl (C=O) groups is 5. The second-order valence-corrected chi connectivity index (χ2v) is 15.2. The fraction of sp³-hybridized carbons (Fsp3) is 0.844. The van der Waals surface area contributed by atoms with E-state index in [2.05, 4.69) is 0 Å². The largest absolute Gasteiger partial charge is 0.509 e. The van der Waals surface area contributed by atoms with Crippen LogP contribution in [0.3, 0.4) is 0 Å². The van der Waals surface area contributed by atoms with Crippen LogP contribution in [-0.4, -0.2) is 64.3 Å². The third-order valence-corrected chi connectivity index (χ3v) is 11.6. The highest BCUT2D eigenvalue weighted by Gasteiger charge is 2.69. The quantitative estimate of drug-likeness (QED) is 0.150. The summed E-state index contributed by atoms with van der Waals surface area (Å²) in [6.07, 6.45) is -7.03. The van der Waals surface area contributed by atoms with Crippen LogP contribution in [-0.2, 0) is 38.1 Å². The summed E-state index contributed by atoms with van der Waals surface area (Å²) < 4.78 is 80.4. The molecule has 1 saturated heterocycles. The van der Waals surface area contributed by atoms with Gasteiger partial charge in [-0.05, 0) is 102 Å². The fourth-order valence-electron chi connectivity index (χ4n) is 9.55. The average molecular weight is 663 g/mol. The lowest BCUT2D eigenvalue weighted by Crippen LogP contribution is -2.55. The maximum absolute atomic E-state index is 16.9. The van der Waals surface area contributed by atoms with Crippen molar-refractivity contribution in [2.75, 3.05) is 0 Å². The lowest BCUT2D eigenvalue weighted by molar-refractivity contribution is -0.283. The molecule has 4 saturated carbocycles. The van der Waals surface area contributed by atoms with Gasteiger partial charge in [0.25, 0.3) is 0 Å². The molecule has 0 radical (unpaired) electrons. The van der Waals surface area contributed by atoms with Gasteiger partial charge in [-0.3, -0.25) is 14.4 Å². The van der Waals surface area contributed by atoms with E-state index in [4.69, 9.17) is 18.9 Å². The molecule has 13 atom stereocenters. The van der Waals surface area contributed by atoms with Crippen LogP contribution in [0, 0.1) is 59.2 Å². The molecule has 5 rings (SSSR count). The van der Waals surface area contributed by atoms with Crippen molar-refractivity contribution in [3.8, 4) is 0 Å². The standard InChI is InChI=1S/C32H42F4O10/c1-7-31(33,23-22(25(39)44-26(23)40)21-13(2)17-9-16(21)10-18(17)24(37)38)27(41)43-20-12-14-8-15(20)11-19(14)30(6,32(34,35)36)46-28(42)45-29(3,4)5/h13-23H,7-12H2,1-6H3,(H,37,38). The molecule has 5 aliphatic rings. The molecule has 0 spiro atoms. The van der Waals surface area contributed by atoms with Crippen LogP contribution in [0.2, 0.25) is 0 Å². The number of fused-ring (bicyclic) bond motifs is 4. The van der Waals surface area contributed by atoms with Gasteiger partial charge in [-0.25, -0.2) is 14.0 Å². The molecule has 0 aromatic carbocycles. The van der Waals surface area contributed by atoms with Crippen LogP contribution in [0.1, 0.15) is 80.1 Å². The van der Waals surface area contributed by atoms with Crippen LogP contribution in [0.15, 0.2) is 0 Å². The Labute approximate surface area is 264 Å². The van der Waals surface area contributed by atoms with Crippen molar-refractivity contribution < 1.29 is 65.6 Å². The van der Waals surface area contributed by atoms with Crippen molar-refractivity contribution in [1.82, 2.24) is 0 Å². The summed E-state index contributed by atoms with van der Waals surface area (Å²) in [7, 11) is 0. The minimum absolute atomic E-state index is 0.0400. The van der Waals surface area contributed by atoms with Gasteiger partial charge in [0, 0.05) is 5.92 Å². The van der Waals surface area contributed by atoms with E-state index in [0.29, 0.717) is 6.42 Å². The smallest absolute Gasteiger partial charge is 0.481 e. The van der Waals surface area contributed by atoms with Crippen molar-refractivity contribution in [3.05, 3.63) is 0 Å². The third-order valence-electron chi connectivity index (χ3n) is 11.6. The van der Waals surface area contributed by atoms with Gasteiger partial charge < -0.3 is 24.1 Å². The number of halogens is 4. The predicted molar refractivity (Wildman–Crippen MR) is 148 cm³/mol. The van der Waals surface area contributed by atoms with Gasteiger partial charge in [-0.2, -0.15) is 13.2 Å². The van der Waals surface area contributed by atoms with Crippen molar-refractivity contribution in [2.45, 2.75) is 109 Å². The molecule has 1 N–H and O–H groups in total. The molecule has 0 aromatic rings. The number of esters is 3. The molecule has 1 aliphatic heterocycles.